The topological polar surface area (TPSA) is 114 Å². The molecule has 0 aromatic heterocycles. The molecule has 0 atom stereocenters. The third kappa shape index (κ3) is 6.79. The number of benzene rings is 2. The molecule has 2 aromatic carbocycles. The van der Waals surface area contributed by atoms with Gasteiger partial charge < -0.3 is 25.2 Å². The van der Waals surface area contributed by atoms with Gasteiger partial charge in [0, 0.05) is 24.4 Å². The lowest BCUT2D eigenvalue weighted by Crippen LogP contribution is -2.44. The van der Waals surface area contributed by atoms with Crippen molar-refractivity contribution in [1.29, 1.82) is 0 Å². The van der Waals surface area contributed by atoms with Crippen molar-refractivity contribution in [1.82, 2.24) is 10.6 Å². The SMILES string of the molecule is CC(C)(CCC(=O)NCCOCC(=O)O)NC(=O)OCC1c2ccccc2-c2ccccc21. The van der Waals surface area contributed by atoms with Gasteiger partial charge >= 0.3 is 12.1 Å². The summed E-state index contributed by atoms with van der Waals surface area (Å²) in [6.45, 7) is 3.85. The molecule has 0 heterocycles. The van der Waals surface area contributed by atoms with Crippen LogP contribution in [0.4, 0.5) is 4.79 Å². The number of rotatable bonds is 11. The fourth-order valence-electron chi connectivity index (χ4n) is 3.91. The minimum atomic E-state index is -1.05. The third-order valence-corrected chi connectivity index (χ3v) is 5.56. The van der Waals surface area contributed by atoms with Crippen LogP contribution in [0, 0.1) is 0 Å². The maximum atomic E-state index is 12.5. The molecule has 0 saturated heterocycles. The first-order valence-corrected chi connectivity index (χ1v) is 11.0. The Balaban J connectivity index is 1.44. The Kier molecular flexibility index (Phi) is 8.06. The van der Waals surface area contributed by atoms with Crippen LogP contribution in [0.5, 0.6) is 0 Å². The molecule has 0 spiro atoms. The number of hydrogen-bond acceptors (Lipinski definition) is 5. The number of hydrogen-bond donors (Lipinski definition) is 3. The fourth-order valence-corrected chi connectivity index (χ4v) is 3.91. The van der Waals surface area contributed by atoms with Gasteiger partial charge in [0.2, 0.25) is 5.91 Å². The summed E-state index contributed by atoms with van der Waals surface area (Å²) < 4.78 is 10.4. The molecule has 0 fully saturated rings. The monoisotopic (exact) mass is 454 g/mol. The van der Waals surface area contributed by atoms with Crippen LogP contribution in [0.25, 0.3) is 11.1 Å². The highest BCUT2D eigenvalue weighted by molar-refractivity contribution is 5.79. The molecule has 8 heteroatoms. The van der Waals surface area contributed by atoms with E-state index < -0.39 is 24.2 Å². The Bertz CT molecular complexity index is 958. The van der Waals surface area contributed by atoms with E-state index >= 15 is 0 Å². The molecule has 2 amide bonds. The predicted octanol–water partition coefficient (Wildman–Crippen LogP) is 3.30. The molecule has 2 aromatic rings. The fraction of sp³-hybridized carbons (Fsp3) is 0.400. The first-order chi connectivity index (χ1) is 15.8. The first-order valence-electron chi connectivity index (χ1n) is 11.0. The molecule has 3 rings (SSSR count). The number of ether oxygens (including phenoxy) is 2. The molecule has 33 heavy (non-hydrogen) atoms. The average Bonchev–Trinajstić information content (AvgIpc) is 3.09. The number of carboxylic acid groups (broad SMARTS) is 1. The number of nitrogens with one attached hydrogen (secondary N) is 2. The number of fused-ring (bicyclic) bond motifs is 3. The molecule has 0 unspecified atom stereocenters. The lowest BCUT2D eigenvalue weighted by Gasteiger charge is -2.26. The van der Waals surface area contributed by atoms with Gasteiger partial charge in [0.15, 0.2) is 0 Å². The van der Waals surface area contributed by atoms with Gasteiger partial charge in [0.05, 0.1) is 6.61 Å². The number of carboxylic acids is 1. The summed E-state index contributed by atoms with van der Waals surface area (Å²) in [6, 6.07) is 16.3. The minimum Gasteiger partial charge on any atom is -0.480 e. The van der Waals surface area contributed by atoms with Gasteiger partial charge in [0.1, 0.15) is 13.2 Å². The van der Waals surface area contributed by atoms with Crippen LogP contribution in [-0.4, -0.2) is 55.0 Å². The number of amides is 2. The van der Waals surface area contributed by atoms with E-state index in [4.69, 9.17) is 14.6 Å². The van der Waals surface area contributed by atoms with E-state index in [1.165, 1.54) is 11.1 Å². The first kappa shape index (κ1) is 24.3. The Morgan fingerprint density at radius 1 is 1.00 bits per heavy atom. The van der Waals surface area contributed by atoms with E-state index in [-0.39, 0.29) is 38.0 Å². The Labute approximate surface area is 193 Å². The van der Waals surface area contributed by atoms with Crippen molar-refractivity contribution < 1.29 is 29.0 Å². The summed E-state index contributed by atoms with van der Waals surface area (Å²) in [5, 5.41) is 14.0. The highest BCUT2D eigenvalue weighted by Crippen LogP contribution is 2.44. The molecule has 1 aliphatic rings. The van der Waals surface area contributed by atoms with Gasteiger partial charge in [-0.05, 0) is 42.5 Å². The summed E-state index contributed by atoms with van der Waals surface area (Å²) >= 11 is 0. The van der Waals surface area contributed by atoms with Crippen LogP contribution in [0.2, 0.25) is 0 Å². The Hall–Kier alpha value is -3.39. The van der Waals surface area contributed by atoms with Crippen LogP contribution in [0.1, 0.15) is 43.7 Å². The maximum absolute atomic E-state index is 12.5. The van der Waals surface area contributed by atoms with Gasteiger partial charge in [-0.25, -0.2) is 9.59 Å². The van der Waals surface area contributed by atoms with Gasteiger partial charge in [-0.3, -0.25) is 4.79 Å². The minimum absolute atomic E-state index is 0.0135. The van der Waals surface area contributed by atoms with E-state index in [1.807, 2.05) is 38.1 Å². The van der Waals surface area contributed by atoms with Crippen LogP contribution in [0.3, 0.4) is 0 Å². The van der Waals surface area contributed by atoms with Gasteiger partial charge in [-0.1, -0.05) is 48.5 Å². The summed E-state index contributed by atoms with van der Waals surface area (Å²) in [4.78, 5) is 34.8. The standard InChI is InChI=1S/C25H30N2O6/c1-25(2,12-11-22(28)26-13-14-32-16-23(29)30)27-24(31)33-15-21-19-9-5-3-7-17(19)18-8-4-6-10-20(18)21/h3-10,21H,11-16H2,1-2H3,(H,26,28)(H,27,31)(H,29,30). The summed E-state index contributed by atoms with van der Waals surface area (Å²) in [5.74, 6) is -1.26. The van der Waals surface area contributed by atoms with Crippen LogP contribution < -0.4 is 10.6 Å². The van der Waals surface area contributed by atoms with Crippen molar-refractivity contribution in [3.63, 3.8) is 0 Å². The van der Waals surface area contributed by atoms with E-state index in [2.05, 4.69) is 34.9 Å². The summed E-state index contributed by atoms with van der Waals surface area (Å²) in [7, 11) is 0. The molecular formula is C25H30N2O6. The smallest absolute Gasteiger partial charge is 0.407 e. The second-order valence-electron chi connectivity index (χ2n) is 8.63. The van der Waals surface area contributed by atoms with Crippen molar-refractivity contribution >= 4 is 18.0 Å². The summed E-state index contributed by atoms with van der Waals surface area (Å²) in [6.07, 6.45) is 0.0959. The van der Waals surface area contributed by atoms with Gasteiger partial charge in [0.25, 0.3) is 0 Å². The molecule has 0 aliphatic heterocycles. The zero-order chi connectivity index (χ0) is 23.8. The molecule has 1 aliphatic carbocycles. The second kappa shape index (κ2) is 11.0. The molecule has 0 bridgehead atoms. The van der Waals surface area contributed by atoms with E-state index in [1.54, 1.807) is 0 Å². The van der Waals surface area contributed by atoms with Crippen LogP contribution in [-0.2, 0) is 19.1 Å². The van der Waals surface area contributed by atoms with Crippen molar-refractivity contribution in [2.75, 3.05) is 26.4 Å². The lowest BCUT2D eigenvalue weighted by atomic mass is 9.98. The van der Waals surface area contributed by atoms with Gasteiger partial charge in [-0.2, -0.15) is 0 Å². The van der Waals surface area contributed by atoms with Crippen molar-refractivity contribution in [2.45, 2.75) is 38.1 Å². The highest BCUT2D eigenvalue weighted by Gasteiger charge is 2.30. The third-order valence-electron chi connectivity index (χ3n) is 5.56. The lowest BCUT2D eigenvalue weighted by molar-refractivity contribution is -0.142. The Morgan fingerprint density at radius 2 is 1.61 bits per heavy atom. The number of carbonyl (C=O) groups is 3. The number of alkyl carbamates (subject to hydrolysis) is 1. The zero-order valence-corrected chi connectivity index (χ0v) is 18.9. The molecule has 0 saturated carbocycles. The predicted molar refractivity (Wildman–Crippen MR) is 123 cm³/mol. The molecule has 0 radical (unpaired) electrons. The average molecular weight is 455 g/mol. The normalized spacial score (nSPS) is 12.5. The second-order valence-corrected chi connectivity index (χ2v) is 8.63. The maximum Gasteiger partial charge on any atom is 0.407 e. The van der Waals surface area contributed by atoms with E-state index in [0.29, 0.717) is 6.42 Å². The van der Waals surface area contributed by atoms with Crippen molar-refractivity contribution in [2.24, 2.45) is 0 Å². The van der Waals surface area contributed by atoms with E-state index in [0.717, 1.165) is 11.1 Å². The van der Waals surface area contributed by atoms with E-state index in [9.17, 15) is 14.4 Å². The molecular weight excluding hydrogens is 424 g/mol. The quantitative estimate of drug-likeness (QED) is 0.449. The summed E-state index contributed by atoms with van der Waals surface area (Å²) in [5.41, 5.74) is 3.99. The number of aliphatic carboxylic acids is 1. The van der Waals surface area contributed by atoms with Crippen molar-refractivity contribution in [3.05, 3.63) is 59.7 Å². The molecule has 176 valence electrons. The highest BCUT2D eigenvalue weighted by atomic mass is 16.5. The molecule has 3 N–H and O–H groups in total. The van der Waals surface area contributed by atoms with Crippen molar-refractivity contribution in [3.8, 4) is 11.1 Å². The van der Waals surface area contributed by atoms with Crippen LogP contribution >= 0.6 is 0 Å². The number of carbonyl (C=O) groups excluding carboxylic acids is 2. The Morgan fingerprint density at radius 3 is 2.21 bits per heavy atom. The van der Waals surface area contributed by atoms with Gasteiger partial charge in [-0.15, -0.1) is 0 Å². The van der Waals surface area contributed by atoms with Crippen LogP contribution in [0.15, 0.2) is 48.5 Å². The largest absolute Gasteiger partial charge is 0.480 e. The molecule has 8 nitrogen and oxygen atoms in total. The zero-order valence-electron chi connectivity index (χ0n) is 18.9.